The Hall–Kier alpha value is -2.13. The van der Waals surface area contributed by atoms with Crippen molar-refractivity contribution in [3.63, 3.8) is 0 Å². The first kappa shape index (κ1) is 14.8. The summed E-state index contributed by atoms with van der Waals surface area (Å²) in [6.07, 6.45) is 0. The molecule has 8 nitrogen and oxygen atoms in total. The van der Waals surface area contributed by atoms with Gasteiger partial charge in [0, 0.05) is 19.2 Å². The number of non-ortho nitro benzene ring substituents is 1. The Labute approximate surface area is 127 Å². The maximum atomic E-state index is 12.3. The van der Waals surface area contributed by atoms with Gasteiger partial charge in [-0.3, -0.25) is 14.4 Å². The number of nitro benzene ring substituents is 1. The molecular weight excluding hydrogens is 310 g/mol. The smallest absolute Gasteiger partial charge is 0.269 e. The number of nitrogens with zero attached hydrogens (tertiary/aromatic N) is 2. The van der Waals surface area contributed by atoms with E-state index < -0.39 is 20.5 Å². The van der Waals surface area contributed by atoms with Crippen LogP contribution in [0.2, 0.25) is 0 Å². The lowest BCUT2D eigenvalue weighted by Crippen LogP contribution is -2.60. The molecule has 1 saturated heterocycles. The van der Waals surface area contributed by atoms with Crippen molar-refractivity contribution in [3.8, 4) is 0 Å². The van der Waals surface area contributed by atoms with E-state index in [1.165, 1.54) is 19.2 Å². The highest BCUT2D eigenvalue weighted by Gasteiger charge is 2.47. The summed E-state index contributed by atoms with van der Waals surface area (Å²) >= 11 is 0. The topological polar surface area (TPSA) is 102 Å². The predicted molar refractivity (Wildman–Crippen MR) is 78.3 cm³/mol. The second kappa shape index (κ2) is 4.68. The third-order valence-electron chi connectivity index (χ3n) is 4.04. The molecule has 3 rings (SSSR count). The fourth-order valence-corrected chi connectivity index (χ4v) is 4.36. The normalized spacial score (nSPS) is 26.4. The van der Waals surface area contributed by atoms with Gasteiger partial charge in [-0.15, -0.1) is 0 Å². The van der Waals surface area contributed by atoms with Crippen molar-refractivity contribution in [2.24, 2.45) is 0 Å². The standard InChI is InChI=1S/C13H15N3O5S/c1-9-14-13(8-22(19,20)15(9)2)7-21-6-10-3-4-11(16(17)18)5-12(10)13/h3-5,14H,1,6-8H2,2H3/t13-/m0/s1. The Kier molecular flexibility index (Phi) is 3.15. The molecule has 1 aromatic rings. The van der Waals surface area contributed by atoms with Crippen molar-refractivity contribution in [1.82, 2.24) is 9.62 Å². The molecule has 2 aliphatic rings. The average molecular weight is 325 g/mol. The minimum atomic E-state index is -3.57. The van der Waals surface area contributed by atoms with Gasteiger partial charge in [-0.25, -0.2) is 8.42 Å². The Bertz CT molecular complexity index is 776. The third-order valence-corrected chi connectivity index (χ3v) is 5.95. The van der Waals surface area contributed by atoms with Crippen LogP contribution in [0, 0.1) is 10.1 Å². The van der Waals surface area contributed by atoms with Gasteiger partial charge in [-0.1, -0.05) is 6.58 Å². The van der Waals surface area contributed by atoms with Crippen LogP contribution in [0.3, 0.4) is 0 Å². The van der Waals surface area contributed by atoms with Gasteiger partial charge in [-0.2, -0.15) is 0 Å². The van der Waals surface area contributed by atoms with Crippen LogP contribution < -0.4 is 5.32 Å². The zero-order chi connectivity index (χ0) is 16.1. The number of hydrogen-bond acceptors (Lipinski definition) is 6. The van der Waals surface area contributed by atoms with Gasteiger partial charge in [0.2, 0.25) is 10.0 Å². The molecule has 0 aromatic heterocycles. The Morgan fingerprint density at radius 3 is 2.86 bits per heavy atom. The highest BCUT2D eigenvalue weighted by Crippen LogP contribution is 2.38. The molecule has 0 saturated carbocycles. The van der Waals surface area contributed by atoms with Gasteiger partial charge in [0.25, 0.3) is 5.69 Å². The quantitative estimate of drug-likeness (QED) is 0.601. The molecule has 118 valence electrons. The first-order valence-corrected chi connectivity index (χ1v) is 8.15. The van der Waals surface area contributed by atoms with E-state index in [9.17, 15) is 18.5 Å². The Morgan fingerprint density at radius 2 is 2.23 bits per heavy atom. The Balaban J connectivity index is 2.16. The van der Waals surface area contributed by atoms with Gasteiger partial charge in [0.1, 0.15) is 11.4 Å². The van der Waals surface area contributed by atoms with E-state index >= 15 is 0 Å². The first-order valence-electron chi connectivity index (χ1n) is 6.54. The van der Waals surface area contributed by atoms with Crippen LogP contribution in [-0.2, 0) is 26.9 Å². The summed E-state index contributed by atoms with van der Waals surface area (Å²) in [5.41, 5.74) is 0.175. The maximum absolute atomic E-state index is 12.3. The van der Waals surface area contributed by atoms with E-state index in [0.717, 1.165) is 9.87 Å². The SMILES string of the molecule is C=C1N[C@@]2(COCc3ccc([N+](=O)[O-])cc32)CS(=O)(=O)N1C. The van der Waals surface area contributed by atoms with E-state index in [4.69, 9.17) is 4.74 Å². The number of sulfonamides is 1. The number of nitro groups is 1. The number of fused-ring (bicyclic) bond motifs is 2. The predicted octanol–water partition coefficient (Wildman–Crippen LogP) is 0.656. The fourth-order valence-electron chi connectivity index (χ4n) is 2.85. The van der Waals surface area contributed by atoms with Gasteiger partial charge < -0.3 is 10.1 Å². The summed E-state index contributed by atoms with van der Waals surface area (Å²) < 4.78 is 31.2. The number of nitrogens with one attached hydrogen (secondary N) is 1. The molecule has 0 radical (unpaired) electrons. The molecule has 0 unspecified atom stereocenters. The molecule has 1 N–H and O–H groups in total. The van der Waals surface area contributed by atoms with E-state index in [2.05, 4.69) is 11.9 Å². The summed E-state index contributed by atoms with van der Waals surface area (Å²) in [5.74, 6) is -0.0295. The van der Waals surface area contributed by atoms with Crippen molar-refractivity contribution < 1.29 is 18.1 Å². The molecule has 22 heavy (non-hydrogen) atoms. The zero-order valence-corrected chi connectivity index (χ0v) is 12.7. The maximum Gasteiger partial charge on any atom is 0.269 e. The molecule has 1 spiro atoms. The lowest BCUT2D eigenvalue weighted by atomic mass is 9.86. The Morgan fingerprint density at radius 1 is 1.50 bits per heavy atom. The van der Waals surface area contributed by atoms with Crippen molar-refractivity contribution >= 4 is 15.7 Å². The molecule has 0 bridgehead atoms. The van der Waals surface area contributed by atoms with Crippen molar-refractivity contribution in [2.45, 2.75) is 12.1 Å². The second-order valence-corrected chi connectivity index (χ2v) is 7.47. The molecule has 2 aliphatic heterocycles. The van der Waals surface area contributed by atoms with Crippen LogP contribution in [0.15, 0.2) is 30.6 Å². The van der Waals surface area contributed by atoms with E-state index in [0.29, 0.717) is 12.2 Å². The molecule has 0 amide bonds. The minimum Gasteiger partial charge on any atom is -0.374 e. The van der Waals surface area contributed by atoms with Crippen LogP contribution in [-0.4, -0.2) is 37.1 Å². The highest BCUT2D eigenvalue weighted by atomic mass is 32.2. The largest absolute Gasteiger partial charge is 0.374 e. The molecule has 0 aliphatic carbocycles. The first-order chi connectivity index (χ1) is 10.3. The molecule has 1 fully saturated rings. The zero-order valence-electron chi connectivity index (χ0n) is 11.9. The van der Waals surface area contributed by atoms with Crippen molar-refractivity contribution in [2.75, 3.05) is 19.4 Å². The lowest BCUT2D eigenvalue weighted by Gasteiger charge is -2.45. The molecule has 2 heterocycles. The van der Waals surface area contributed by atoms with Crippen LogP contribution in [0.4, 0.5) is 5.69 Å². The van der Waals surface area contributed by atoms with Gasteiger partial charge in [0.05, 0.1) is 23.9 Å². The highest BCUT2D eigenvalue weighted by molar-refractivity contribution is 7.89. The van der Waals surface area contributed by atoms with Crippen LogP contribution in [0.1, 0.15) is 11.1 Å². The number of hydrogen-bond donors (Lipinski definition) is 1. The summed E-state index contributed by atoms with van der Waals surface area (Å²) in [6, 6.07) is 4.40. The van der Waals surface area contributed by atoms with Gasteiger partial charge >= 0.3 is 0 Å². The number of ether oxygens (including phenoxy) is 1. The van der Waals surface area contributed by atoms with Crippen LogP contribution in [0.5, 0.6) is 0 Å². The van der Waals surface area contributed by atoms with E-state index in [1.807, 2.05) is 0 Å². The third kappa shape index (κ3) is 2.13. The van der Waals surface area contributed by atoms with Crippen molar-refractivity contribution in [3.05, 3.63) is 51.8 Å². The van der Waals surface area contributed by atoms with Gasteiger partial charge in [-0.05, 0) is 17.2 Å². The monoisotopic (exact) mass is 325 g/mol. The summed E-state index contributed by atoms with van der Waals surface area (Å²) in [7, 11) is -2.16. The number of benzene rings is 1. The average Bonchev–Trinajstić information content (AvgIpc) is 2.44. The molecule has 1 aromatic carbocycles. The fraction of sp³-hybridized carbons (Fsp3) is 0.385. The minimum absolute atomic E-state index is 0.0798. The summed E-state index contributed by atoms with van der Waals surface area (Å²) in [4.78, 5) is 10.5. The molecular formula is C13H15N3O5S. The molecule has 9 heteroatoms. The lowest BCUT2D eigenvalue weighted by molar-refractivity contribution is -0.385. The van der Waals surface area contributed by atoms with Crippen LogP contribution in [0.25, 0.3) is 0 Å². The van der Waals surface area contributed by atoms with E-state index in [-0.39, 0.29) is 23.9 Å². The summed E-state index contributed by atoms with van der Waals surface area (Å²) in [5, 5.41) is 14.1. The number of rotatable bonds is 1. The summed E-state index contributed by atoms with van der Waals surface area (Å²) in [6.45, 7) is 4.11. The van der Waals surface area contributed by atoms with Gasteiger partial charge in [0.15, 0.2) is 0 Å². The van der Waals surface area contributed by atoms with Crippen LogP contribution >= 0.6 is 0 Å². The molecule has 1 atom stereocenters. The second-order valence-electron chi connectivity index (χ2n) is 5.47. The van der Waals surface area contributed by atoms with E-state index in [1.54, 1.807) is 6.07 Å². The van der Waals surface area contributed by atoms with Crippen molar-refractivity contribution in [1.29, 1.82) is 0 Å².